The molecule has 1 heterocycles. The number of hydrogen-bond acceptors (Lipinski definition) is 4. The molecule has 6 nitrogen and oxygen atoms in total. The minimum atomic E-state index is -0.831. The van der Waals surface area contributed by atoms with E-state index in [9.17, 15) is 18.8 Å². The zero-order valence-corrected chi connectivity index (χ0v) is 12.2. The Balaban J connectivity index is 1.77. The second-order valence-electron chi connectivity index (χ2n) is 4.86. The van der Waals surface area contributed by atoms with Gasteiger partial charge in [-0.3, -0.25) is 25.2 Å². The molecule has 0 spiro atoms. The highest BCUT2D eigenvalue weighted by Crippen LogP contribution is 2.11. The molecule has 24 heavy (non-hydrogen) atoms. The lowest BCUT2D eigenvalue weighted by Crippen LogP contribution is -2.42. The van der Waals surface area contributed by atoms with Gasteiger partial charge >= 0.3 is 5.91 Å². The molecule has 3 aromatic rings. The van der Waals surface area contributed by atoms with Crippen molar-refractivity contribution in [2.24, 2.45) is 0 Å². The average Bonchev–Trinajstić information content (AvgIpc) is 2.59. The maximum Gasteiger partial charge on any atom is 0.305 e. The highest BCUT2D eigenvalue weighted by molar-refractivity contribution is 5.98. The van der Waals surface area contributed by atoms with Gasteiger partial charge in [0.2, 0.25) is 0 Å². The van der Waals surface area contributed by atoms with Crippen LogP contribution in [-0.2, 0) is 0 Å². The molecule has 3 rings (SSSR count). The minimum absolute atomic E-state index is 0.224. The number of nitrogens with one attached hydrogen (secondary N) is 2. The van der Waals surface area contributed by atoms with Crippen LogP contribution < -0.4 is 16.3 Å². The maximum atomic E-state index is 13.5. The van der Waals surface area contributed by atoms with Crippen molar-refractivity contribution in [1.82, 2.24) is 10.9 Å². The summed E-state index contributed by atoms with van der Waals surface area (Å²) < 4.78 is 18.8. The summed E-state index contributed by atoms with van der Waals surface area (Å²) in [6.07, 6.45) is 0. The van der Waals surface area contributed by atoms with Gasteiger partial charge in [0, 0.05) is 6.07 Å². The lowest BCUT2D eigenvalue weighted by atomic mass is 10.2. The topological polar surface area (TPSA) is 88.4 Å². The Hall–Kier alpha value is -3.48. The summed E-state index contributed by atoms with van der Waals surface area (Å²) >= 11 is 0. The zero-order chi connectivity index (χ0) is 17.1. The molecule has 2 amide bonds. The number of rotatable bonds is 2. The third-order valence-corrected chi connectivity index (χ3v) is 3.27. The third-order valence-electron chi connectivity index (χ3n) is 3.27. The molecule has 0 unspecified atom stereocenters. The molecule has 0 aliphatic rings. The molecule has 2 aromatic carbocycles. The molecule has 1 aromatic heterocycles. The van der Waals surface area contributed by atoms with Crippen LogP contribution in [0.5, 0.6) is 0 Å². The maximum absolute atomic E-state index is 13.5. The van der Waals surface area contributed by atoms with E-state index in [0.717, 1.165) is 12.1 Å². The molecule has 120 valence electrons. The number of hydrazine groups is 1. The van der Waals surface area contributed by atoms with E-state index in [2.05, 4.69) is 10.9 Å². The molecule has 2 N–H and O–H groups in total. The van der Waals surface area contributed by atoms with E-state index in [1.165, 1.54) is 18.2 Å². The van der Waals surface area contributed by atoms with Gasteiger partial charge in [-0.25, -0.2) is 4.39 Å². The first-order chi connectivity index (χ1) is 11.6. The number of carbonyl (C=O) groups excluding carboxylic acids is 2. The number of benzene rings is 2. The van der Waals surface area contributed by atoms with Gasteiger partial charge in [-0.1, -0.05) is 24.3 Å². The van der Waals surface area contributed by atoms with Crippen molar-refractivity contribution in [1.29, 1.82) is 0 Å². The highest BCUT2D eigenvalue weighted by Gasteiger charge is 2.15. The minimum Gasteiger partial charge on any atom is -0.451 e. The molecule has 0 aliphatic heterocycles. The fourth-order valence-electron chi connectivity index (χ4n) is 2.10. The van der Waals surface area contributed by atoms with Crippen molar-refractivity contribution in [3.05, 3.63) is 82.0 Å². The predicted molar refractivity (Wildman–Crippen MR) is 83.8 cm³/mol. The fourth-order valence-corrected chi connectivity index (χ4v) is 2.10. The summed E-state index contributed by atoms with van der Waals surface area (Å²) in [5.74, 6) is -2.65. The first kappa shape index (κ1) is 15.4. The quantitative estimate of drug-likeness (QED) is 0.705. The molecule has 7 heteroatoms. The van der Waals surface area contributed by atoms with Crippen molar-refractivity contribution >= 4 is 22.8 Å². The summed E-state index contributed by atoms with van der Waals surface area (Å²) in [6.45, 7) is 0. The molecule has 0 bridgehead atoms. The first-order valence-electron chi connectivity index (χ1n) is 6.94. The Morgan fingerprint density at radius 2 is 1.58 bits per heavy atom. The second kappa shape index (κ2) is 6.33. The fraction of sp³-hybridized carbons (Fsp3) is 0. The zero-order valence-electron chi connectivity index (χ0n) is 12.2. The third kappa shape index (κ3) is 3.00. The molecule has 0 radical (unpaired) electrons. The Labute approximate surface area is 134 Å². The van der Waals surface area contributed by atoms with E-state index < -0.39 is 17.6 Å². The first-order valence-corrected chi connectivity index (χ1v) is 6.94. The van der Waals surface area contributed by atoms with Gasteiger partial charge in [0.05, 0.1) is 10.9 Å². The lowest BCUT2D eigenvalue weighted by molar-refractivity contribution is 0.0829. The van der Waals surface area contributed by atoms with Crippen molar-refractivity contribution in [3.8, 4) is 0 Å². The molecule has 0 saturated carbocycles. The summed E-state index contributed by atoms with van der Waals surface area (Å²) in [5, 5.41) is 0.337. The van der Waals surface area contributed by atoms with Crippen LogP contribution >= 0.6 is 0 Å². The smallest absolute Gasteiger partial charge is 0.305 e. The largest absolute Gasteiger partial charge is 0.451 e. The van der Waals surface area contributed by atoms with Crippen molar-refractivity contribution in [2.45, 2.75) is 0 Å². The Morgan fingerprint density at radius 1 is 0.917 bits per heavy atom. The van der Waals surface area contributed by atoms with Crippen LogP contribution in [0.25, 0.3) is 11.0 Å². The van der Waals surface area contributed by atoms with Crippen LogP contribution in [0.3, 0.4) is 0 Å². The van der Waals surface area contributed by atoms with Gasteiger partial charge in [0.15, 0.2) is 11.2 Å². The van der Waals surface area contributed by atoms with Gasteiger partial charge in [-0.2, -0.15) is 0 Å². The van der Waals surface area contributed by atoms with Crippen LogP contribution in [0.4, 0.5) is 4.39 Å². The molecule has 0 aliphatic carbocycles. The number of para-hydroxylation sites is 1. The molecule has 0 fully saturated rings. The summed E-state index contributed by atoms with van der Waals surface area (Å²) in [5.41, 5.74) is 3.78. The number of carbonyl (C=O) groups is 2. The second-order valence-corrected chi connectivity index (χ2v) is 4.86. The molecular weight excluding hydrogens is 315 g/mol. The molecule has 0 atom stereocenters. The van der Waals surface area contributed by atoms with Gasteiger partial charge in [0.25, 0.3) is 5.91 Å². The number of hydrogen-bond donors (Lipinski definition) is 2. The van der Waals surface area contributed by atoms with Crippen LogP contribution in [-0.4, -0.2) is 11.8 Å². The van der Waals surface area contributed by atoms with Gasteiger partial charge in [-0.15, -0.1) is 0 Å². The van der Waals surface area contributed by atoms with Gasteiger partial charge < -0.3 is 4.42 Å². The van der Waals surface area contributed by atoms with Gasteiger partial charge in [-0.05, 0) is 24.3 Å². The normalized spacial score (nSPS) is 10.4. The summed E-state index contributed by atoms with van der Waals surface area (Å²) in [4.78, 5) is 35.8. The average molecular weight is 326 g/mol. The Bertz CT molecular complexity index is 997. The van der Waals surface area contributed by atoms with Crippen LogP contribution in [0.15, 0.2) is 63.8 Å². The van der Waals surface area contributed by atoms with Crippen molar-refractivity contribution in [2.75, 3.05) is 0 Å². The van der Waals surface area contributed by atoms with Crippen molar-refractivity contribution < 1.29 is 18.4 Å². The standard InChI is InChI=1S/C17H11FN2O4/c18-12-7-3-1-5-10(12)16(22)19-20-17(23)15-9-13(21)11-6-2-4-8-14(11)24-15/h1-9H,(H,19,22)(H,20,23). The van der Waals surface area contributed by atoms with E-state index >= 15 is 0 Å². The number of amides is 2. The van der Waals surface area contributed by atoms with Crippen LogP contribution in [0.1, 0.15) is 20.9 Å². The highest BCUT2D eigenvalue weighted by atomic mass is 19.1. The number of halogens is 1. The SMILES string of the molecule is O=C(NNC(=O)c1ccccc1F)c1cc(=O)c2ccccc2o1. The summed E-state index contributed by atoms with van der Waals surface area (Å²) in [7, 11) is 0. The number of fused-ring (bicyclic) bond motifs is 1. The van der Waals surface area contributed by atoms with Gasteiger partial charge in [0.1, 0.15) is 11.4 Å². The monoisotopic (exact) mass is 326 g/mol. The van der Waals surface area contributed by atoms with Crippen LogP contribution in [0, 0.1) is 5.82 Å². The van der Waals surface area contributed by atoms with E-state index in [1.807, 2.05) is 0 Å². The van der Waals surface area contributed by atoms with Crippen molar-refractivity contribution in [3.63, 3.8) is 0 Å². The Morgan fingerprint density at radius 3 is 2.38 bits per heavy atom. The summed E-state index contributed by atoms with van der Waals surface area (Å²) in [6, 6.07) is 12.8. The lowest BCUT2D eigenvalue weighted by Gasteiger charge is -2.07. The molecular formula is C17H11FN2O4. The van der Waals surface area contributed by atoms with Crippen LogP contribution in [0.2, 0.25) is 0 Å². The Kier molecular flexibility index (Phi) is 4.07. The van der Waals surface area contributed by atoms with E-state index in [1.54, 1.807) is 24.3 Å². The van der Waals surface area contributed by atoms with E-state index in [0.29, 0.717) is 5.39 Å². The predicted octanol–water partition coefficient (Wildman–Crippen LogP) is 2.01. The van der Waals surface area contributed by atoms with E-state index in [-0.39, 0.29) is 22.3 Å². The molecule has 0 saturated heterocycles. The van der Waals surface area contributed by atoms with E-state index in [4.69, 9.17) is 4.42 Å².